The summed E-state index contributed by atoms with van der Waals surface area (Å²) >= 11 is 0. The zero-order chi connectivity index (χ0) is 30.8. The first-order valence-electron chi connectivity index (χ1n) is 16.1. The second-order valence-corrected chi connectivity index (χ2v) is 12.6. The first kappa shape index (κ1) is 26.8. The van der Waals surface area contributed by atoms with Gasteiger partial charge < -0.3 is 8.98 Å². The van der Waals surface area contributed by atoms with Crippen LogP contribution in [0.25, 0.3) is 73.0 Å². The molecule has 7 aromatic rings. The lowest BCUT2D eigenvalue weighted by molar-refractivity contribution is 0.669. The van der Waals surface area contributed by atoms with Crippen molar-refractivity contribution in [2.45, 2.75) is 32.6 Å². The van der Waals surface area contributed by atoms with Crippen LogP contribution < -0.4 is 0 Å². The number of rotatable bonds is 4. The van der Waals surface area contributed by atoms with Crippen molar-refractivity contribution in [2.75, 3.05) is 0 Å². The number of fused-ring (bicyclic) bond motifs is 6. The molecule has 0 radical (unpaired) electrons. The Labute approximate surface area is 267 Å². The number of hydrogen-bond donors (Lipinski definition) is 0. The minimum Gasteiger partial charge on any atom is -0.455 e. The molecule has 3 heterocycles. The molecule has 2 aliphatic carbocycles. The first-order chi connectivity index (χ1) is 22.6. The van der Waals surface area contributed by atoms with Crippen molar-refractivity contribution in [2.24, 2.45) is 5.92 Å². The van der Waals surface area contributed by atoms with Crippen LogP contribution in [-0.4, -0.2) is 19.5 Å². The molecular formula is C41H32N4O. The molecule has 0 N–H and O–H groups in total. The summed E-state index contributed by atoms with van der Waals surface area (Å²) in [6, 6.07) is 31.6. The first-order valence-corrected chi connectivity index (χ1v) is 16.1. The molecule has 46 heavy (non-hydrogen) atoms. The average Bonchev–Trinajstić information content (AvgIpc) is 3.65. The van der Waals surface area contributed by atoms with E-state index in [0.717, 1.165) is 57.2 Å². The molecular weight excluding hydrogens is 564 g/mol. The molecule has 4 aromatic carbocycles. The number of benzene rings is 4. The van der Waals surface area contributed by atoms with Gasteiger partial charge in [-0.2, -0.15) is 0 Å². The van der Waals surface area contributed by atoms with E-state index in [2.05, 4.69) is 109 Å². The molecule has 0 saturated heterocycles. The van der Waals surface area contributed by atoms with Crippen LogP contribution in [0.2, 0.25) is 0 Å². The molecule has 0 bridgehead atoms. The molecule has 2 atom stereocenters. The number of furan rings is 1. The summed E-state index contributed by atoms with van der Waals surface area (Å²) in [5.74, 6) is 2.79. The fourth-order valence-electron chi connectivity index (χ4n) is 7.26. The largest absolute Gasteiger partial charge is 0.455 e. The number of nitrogens with zero attached hydrogens (tertiary/aromatic N) is 4. The number of aromatic nitrogens is 4. The van der Waals surface area contributed by atoms with Gasteiger partial charge in [0, 0.05) is 33.5 Å². The predicted molar refractivity (Wildman–Crippen MR) is 188 cm³/mol. The standard InChI is InChI=1S/C41H32N4O/c1-25-12-8-16-28(24-25)40-42-39(27-14-4-3-5-15-27)43-41(44-40)32-20-10-19-31-36-34(22-11-23-35(36)46-38(31)32)45-33-21-7-6-17-29(33)30-18-9-13-26(2)37(30)45/h3-12,14-23,25-26H,13,24H2,1-2H3. The Bertz CT molecular complexity index is 2410. The van der Waals surface area contributed by atoms with Crippen molar-refractivity contribution in [3.8, 4) is 28.5 Å². The van der Waals surface area contributed by atoms with Crippen molar-refractivity contribution in [1.29, 1.82) is 0 Å². The van der Waals surface area contributed by atoms with Crippen LogP contribution >= 0.6 is 0 Å². The van der Waals surface area contributed by atoms with Gasteiger partial charge in [-0.3, -0.25) is 0 Å². The minimum atomic E-state index is 0.392. The van der Waals surface area contributed by atoms with Gasteiger partial charge in [-0.1, -0.05) is 111 Å². The molecule has 222 valence electrons. The molecule has 3 aromatic heterocycles. The van der Waals surface area contributed by atoms with Gasteiger partial charge in [-0.15, -0.1) is 0 Å². The Kier molecular flexibility index (Phi) is 6.13. The highest BCUT2D eigenvalue weighted by atomic mass is 16.3. The van der Waals surface area contributed by atoms with Gasteiger partial charge in [0.05, 0.1) is 22.2 Å². The number of para-hydroxylation sites is 2. The van der Waals surface area contributed by atoms with Gasteiger partial charge in [0.2, 0.25) is 0 Å². The fourth-order valence-corrected chi connectivity index (χ4v) is 7.26. The van der Waals surface area contributed by atoms with E-state index < -0.39 is 0 Å². The van der Waals surface area contributed by atoms with Gasteiger partial charge in [0.25, 0.3) is 0 Å². The summed E-state index contributed by atoms with van der Waals surface area (Å²) in [7, 11) is 0. The van der Waals surface area contributed by atoms with Crippen LogP contribution in [-0.2, 0) is 0 Å². The molecule has 0 aliphatic heterocycles. The molecule has 9 rings (SSSR count). The second-order valence-electron chi connectivity index (χ2n) is 12.6. The zero-order valence-corrected chi connectivity index (χ0v) is 25.8. The van der Waals surface area contributed by atoms with Gasteiger partial charge in [-0.05, 0) is 48.6 Å². The molecule has 0 spiro atoms. The normalized spacial score (nSPS) is 17.6. The van der Waals surface area contributed by atoms with Crippen LogP contribution in [0.4, 0.5) is 0 Å². The van der Waals surface area contributed by atoms with Crippen LogP contribution in [0.3, 0.4) is 0 Å². The van der Waals surface area contributed by atoms with Gasteiger partial charge in [0.15, 0.2) is 17.5 Å². The third kappa shape index (κ3) is 4.19. The highest BCUT2D eigenvalue weighted by molar-refractivity contribution is 6.13. The van der Waals surface area contributed by atoms with Crippen LogP contribution in [0, 0.1) is 5.92 Å². The van der Waals surface area contributed by atoms with Crippen LogP contribution in [0.1, 0.15) is 49.7 Å². The van der Waals surface area contributed by atoms with E-state index in [9.17, 15) is 0 Å². The molecule has 0 fully saturated rings. The molecule has 2 aliphatic rings. The summed E-state index contributed by atoms with van der Waals surface area (Å²) in [4.78, 5) is 15.1. The monoisotopic (exact) mass is 596 g/mol. The Balaban J connectivity index is 1.30. The second kappa shape index (κ2) is 10.5. The average molecular weight is 597 g/mol. The third-order valence-corrected chi connectivity index (χ3v) is 9.41. The zero-order valence-electron chi connectivity index (χ0n) is 25.8. The SMILES string of the molecule is CC1C=CC=C(c2nc(-c3ccccc3)nc(-c3cccc4c3oc3cccc(-n5c6c(c7ccccc75)C=CCC6C)c34)n2)C1. The van der Waals surface area contributed by atoms with Gasteiger partial charge in [0.1, 0.15) is 11.2 Å². The summed E-state index contributed by atoms with van der Waals surface area (Å²) in [5.41, 5.74) is 9.55. The van der Waals surface area contributed by atoms with Crippen molar-refractivity contribution < 1.29 is 4.42 Å². The topological polar surface area (TPSA) is 56.7 Å². The Hall–Kier alpha value is -5.55. The van der Waals surface area contributed by atoms with Crippen molar-refractivity contribution in [3.05, 3.63) is 132 Å². The molecule has 0 amide bonds. The lowest BCUT2D eigenvalue weighted by atomic mass is 9.93. The minimum absolute atomic E-state index is 0.392. The van der Waals surface area contributed by atoms with Crippen LogP contribution in [0.5, 0.6) is 0 Å². The molecule has 2 unspecified atom stereocenters. The lowest BCUT2D eigenvalue weighted by Gasteiger charge is -2.20. The maximum absolute atomic E-state index is 6.75. The van der Waals surface area contributed by atoms with E-state index >= 15 is 0 Å². The number of hydrogen-bond acceptors (Lipinski definition) is 4. The molecule has 0 saturated carbocycles. The molecule has 5 nitrogen and oxygen atoms in total. The third-order valence-electron chi connectivity index (χ3n) is 9.41. The predicted octanol–water partition coefficient (Wildman–Crippen LogP) is 10.5. The highest BCUT2D eigenvalue weighted by Crippen LogP contribution is 2.43. The van der Waals surface area contributed by atoms with E-state index in [1.54, 1.807) is 0 Å². The summed E-state index contributed by atoms with van der Waals surface area (Å²) in [5, 5.41) is 3.42. The smallest absolute Gasteiger partial charge is 0.167 e. The highest BCUT2D eigenvalue weighted by Gasteiger charge is 2.26. The summed E-state index contributed by atoms with van der Waals surface area (Å²) in [6.07, 6.45) is 13.0. The van der Waals surface area contributed by atoms with Crippen molar-refractivity contribution >= 4 is 44.5 Å². The van der Waals surface area contributed by atoms with Gasteiger partial charge in [-0.25, -0.2) is 15.0 Å². The summed E-state index contributed by atoms with van der Waals surface area (Å²) < 4.78 is 9.21. The van der Waals surface area contributed by atoms with Crippen molar-refractivity contribution in [3.63, 3.8) is 0 Å². The number of allylic oxidation sites excluding steroid dienone is 5. The molecule has 5 heteroatoms. The van der Waals surface area contributed by atoms with Crippen molar-refractivity contribution in [1.82, 2.24) is 19.5 Å². The van der Waals surface area contributed by atoms with Gasteiger partial charge >= 0.3 is 0 Å². The van der Waals surface area contributed by atoms with E-state index in [0.29, 0.717) is 29.3 Å². The Morgan fingerprint density at radius 2 is 1.54 bits per heavy atom. The quantitative estimate of drug-likeness (QED) is 0.203. The van der Waals surface area contributed by atoms with E-state index in [4.69, 9.17) is 19.4 Å². The van der Waals surface area contributed by atoms with E-state index in [1.165, 1.54) is 22.2 Å². The van der Waals surface area contributed by atoms with E-state index in [1.807, 2.05) is 30.3 Å². The maximum atomic E-state index is 6.75. The Morgan fingerprint density at radius 3 is 2.43 bits per heavy atom. The Morgan fingerprint density at radius 1 is 0.761 bits per heavy atom. The van der Waals surface area contributed by atoms with E-state index in [-0.39, 0.29) is 0 Å². The lowest BCUT2D eigenvalue weighted by Crippen LogP contribution is -2.07. The summed E-state index contributed by atoms with van der Waals surface area (Å²) in [6.45, 7) is 4.54. The van der Waals surface area contributed by atoms with Crippen LogP contribution in [0.15, 0.2) is 120 Å². The maximum Gasteiger partial charge on any atom is 0.167 e. The fraction of sp³-hybridized carbons (Fsp3) is 0.146.